The second-order valence-corrected chi connectivity index (χ2v) is 7.23. The number of aromatic nitrogens is 2. The molecular formula is C22H24N6O3. The average Bonchev–Trinajstić information content (AvgIpc) is 2.80. The number of para-hydroxylation sites is 1. The van der Waals surface area contributed by atoms with E-state index in [9.17, 15) is 10.1 Å². The number of methoxy groups -OCH3 is 1. The smallest absolute Gasteiger partial charge is 0.332 e. The zero-order valence-corrected chi connectivity index (χ0v) is 17.5. The number of ether oxygens (including phenoxy) is 1. The quantitative estimate of drug-likeness (QED) is 0.475. The average molecular weight is 420 g/mol. The van der Waals surface area contributed by atoms with E-state index in [0.717, 1.165) is 26.2 Å². The highest BCUT2D eigenvalue weighted by atomic mass is 16.6. The van der Waals surface area contributed by atoms with Gasteiger partial charge in [0.1, 0.15) is 11.4 Å². The molecule has 0 unspecified atom stereocenters. The predicted octanol–water partition coefficient (Wildman–Crippen LogP) is 3.77. The molecule has 3 aromatic rings. The van der Waals surface area contributed by atoms with Gasteiger partial charge in [-0.25, -0.2) is 4.98 Å². The van der Waals surface area contributed by atoms with Gasteiger partial charge in [0.2, 0.25) is 11.8 Å². The lowest BCUT2D eigenvalue weighted by atomic mass is 10.2. The molecule has 2 aromatic carbocycles. The first kappa shape index (κ1) is 20.4. The number of nitrogens with one attached hydrogen (secondary N) is 1. The van der Waals surface area contributed by atoms with Crippen molar-refractivity contribution in [2.45, 2.75) is 6.92 Å². The lowest BCUT2D eigenvalue weighted by Crippen LogP contribution is -2.47. The summed E-state index contributed by atoms with van der Waals surface area (Å²) in [6.07, 6.45) is 0. The van der Waals surface area contributed by atoms with Crippen LogP contribution in [0.25, 0.3) is 0 Å². The van der Waals surface area contributed by atoms with E-state index in [-0.39, 0.29) is 11.5 Å². The van der Waals surface area contributed by atoms with Crippen molar-refractivity contribution in [1.29, 1.82) is 0 Å². The largest absolute Gasteiger partial charge is 0.497 e. The Balaban J connectivity index is 1.56. The molecule has 2 heterocycles. The maximum absolute atomic E-state index is 11.7. The van der Waals surface area contributed by atoms with Crippen LogP contribution >= 0.6 is 0 Å². The summed E-state index contributed by atoms with van der Waals surface area (Å²) in [5.74, 6) is 1.38. The Kier molecular flexibility index (Phi) is 5.83. The summed E-state index contributed by atoms with van der Waals surface area (Å²) >= 11 is 0. The van der Waals surface area contributed by atoms with Gasteiger partial charge in [-0.2, -0.15) is 4.98 Å². The molecule has 0 amide bonds. The first-order valence-corrected chi connectivity index (χ1v) is 10.0. The summed E-state index contributed by atoms with van der Waals surface area (Å²) in [5.41, 5.74) is 2.07. The normalized spacial score (nSPS) is 13.7. The summed E-state index contributed by atoms with van der Waals surface area (Å²) in [6.45, 7) is 4.75. The molecule has 9 nitrogen and oxygen atoms in total. The van der Waals surface area contributed by atoms with Gasteiger partial charge in [0.15, 0.2) is 0 Å². The molecule has 1 aliphatic rings. The molecule has 1 N–H and O–H groups in total. The molecule has 0 saturated carbocycles. The van der Waals surface area contributed by atoms with Crippen molar-refractivity contribution in [3.63, 3.8) is 0 Å². The van der Waals surface area contributed by atoms with Gasteiger partial charge in [-0.3, -0.25) is 10.1 Å². The van der Waals surface area contributed by atoms with Crippen molar-refractivity contribution in [3.8, 4) is 5.75 Å². The van der Waals surface area contributed by atoms with Gasteiger partial charge in [0.25, 0.3) is 0 Å². The van der Waals surface area contributed by atoms with Gasteiger partial charge in [0.05, 0.1) is 12.0 Å². The molecule has 1 fully saturated rings. The summed E-state index contributed by atoms with van der Waals surface area (Å²) in [6, 6.07) is 17.4. The second kappa shape index (κ2) is 8.86. The molecule has 0 radical (unpaired) electrons. The van der Waals surface area contributed by atoms with E-state index in [0.29, 0.717) is 23.1 Å². The third kappa shape index (κ3) is 4.50. The molecule has 0 atom stereocenters. The molecule has 0 aliphatic carbocycles. The number of benzene rings is 2. The van der Waals surface area contributed by atoms with Crippen molar-refractivity contribution >= 4 is 28.8 Å². The lowest BCUT2D eigenvalue weighted by Gasteiger charge is -2.36. The van der Waals surface area contributed by atoms with Gasteiger partial charge in [-0.05, 0) is 43.3 Å². The first-order valence-electron chi connectivity index (χ1n) is 10.0. The zero-order chi connectivity index (χ0) is 21.8. The van der Waals surface area contributed by atoms with Gasteiger partial charge in [-0.15, -0.1) is 0 Å². The fraction of sp³-hybridized carbons (Fsp3) is 0.273. The van der Waals surface area contributed by atoms with Crippen LogP contribution in [-0.4, -0.2) is 48.2 Å². The van der Waals surface area contributed by atoms with Crippen LogP contribution in [-0.2, 0) is 0 Å². The Bertz CT molecular complexity index is 1050. The van der Waals surface area contributed by atoms with Crippen LogP contribution in [0.4, 0.5) is 28.8 Å². The van der Waals surface area contributed by atoms with E-state index in [1.807, 2.05) is 18.2 Å². The van der Waals surface area contributed by atoms with Crippen LogP contribution in [0, 0.1) is 17.0 Å². The SMILES string of the molecule is COc1ccc(Nc2nc(N3CCN(c4ccccc4)CC3)nc(C)c2[N+](=O)[O-])cc1. The summed E-state index contributed by atoms with van der Waals surface area (Å²) < 4.78 is 5.17. The minimum absolute atomic E-state index is 0.123. The monoisotopic (exact) mass is 420 g/mol. The number of hydrogen-bond donors (Lipinski definition) is 1. The Morgan fingerprint density at radius 2 is 1.61 bits per heavy atom. The highest BCUT2D eigenvalue weighted by molar-refractivity contribution is 5.68. The van der Waals surface area contributed by atoms with Crippen molar-refractivity contribution in [3.05, 3.63) is 70.4 Å². The van der Waals surface area contributed by atoms with Gasteiger partial charge < -0.3 is 19.9 Å². The molecule has 4 rings (SSSR count). The van der Waals surface area contributed by atoms with E-state index < -0.39 is 4.92 Å². The van der Waals surface area contributed by atoms with E-state index >= 15 is 0 Å². The third-order valence-corrected chi connectivity index (χ3v) is 5.27. The maximum Gasteiger partial charge on any atom is 0.332 e. The second-order valence-electron chi connectivity index (χ2n) is 7.23. The predicted molar refractivity (Wildman–Crippen MR) is 121 cm³/mol. The van der Waals surface area contributed by atoms with Gasteiger partial charge in [0, 0.05) is 37.6 Å². The summed E-state index contributed by atoms with van der Waals surface area (Å²) in [7, 11) is 1.59. The number of nitrogens with zero attached hydrogens (tertiary/aromatic N) is 5. The van der Waals surface area contributed by atoms with Crippen molar-refractivity contribution < 1.29 is 9.66 Å². The molecule has 0 bridgehead atoms. The van der Waals surface area contributed by atoms with Crippen LogP contribution in [0.1, 0.15) is 5.69 Å². The van der Waals surface area contributed by atoms with E-state index in [1.165, 1.54) is 5.69 Å². The Hall–Kier alpha value is -3.88. The highest BCUT2D eigenvalue weighted by Crippen LogP contribution is 2.31. The Morgan fingerprint density at radius 1 is 0.968 bits per heavy atom. The molecule has 1 saturated heterocycles. The van der Waals surface area contributed by atoms with Gasteiger partial charge >= 0.3 is 5.69 Å². The fourth-order valence-corrected chi connectivity index (χ4v) is 3.61. The molecule has 160 valence electrons. The van der Waals surface area contributed by atoms with Crippen molar-refractivity contribution in [1.82, 2.24) is 9.97 Å². The van der Waals surface area contributed by atoms with E-state index in [1.54, 1.807) is 38.3 Å². The first-order chi connectivity index (χ1) is 15.0. The number of rotatable bonds is 6. The highest BCUT2D eigenvalue weighted by Gasteiger charge is 2.26. The van der Waals surface area contributed by atoms with Crippen LogP contribution in [0.3, 0.4) is 0 Å². The van der Waals surface area contributed by atoms with Crippen molar-refractivity contribution in [2.24, 2.45) is 0 Å². The topological polar surface area (TPSA) is 96.7 Å². The number of hydrogen-bond acceptors (Lipinski definition) is 8. The Morgan fingerprint density at radius 3 is 2.23 bits per heavy atom. The minimum Gasteiger partial charge on any atom is -0.497 e. The van der Waals surface area contributed by atoms with E-state index in [4.69, 9.17) is 4.74 Å². The molecular weight excluding hydrogens is 396 g/mol. The Labute approximate surface area is 180 Å². The number of anilines is 4. The summed E-state index contributed by atoms with van der Waals surface area (Å²) in [4.78, 5) is 24.6. The molecule has 1 aliphatic heterocycles. The maximum atomic E-state index is 11.7. The van der Waals surface area contributed by atoms with Crippen LogP contribution in [0.15, 0.2) is 54.6 Å². The standard InChI is InChI=1S/C22H24N6O3/c1-16-20(28(29)30)21(24-17-8-10-19(31-2)11-9-17)25-22(23-16)27-14-12-26(13-15-27)18-6-4-3-5-7-18/h3-11H,12-15H2,1-2H3,(H,23,24,25). The van der Waals surface area contributed by atoms with Crippen LogP contribution in [0.2, 0.25) is 0 Å². The van der Waals surface area contributed by atoms with Gasteiger partial charge in [-0.1, -0.05) is 18.2 Å². The number of aryl methyl sites for hydroxylation is 1. The zero-order valence-electron chi connectivity index (χ0n) is 17.5. The lowest BCUT2D eigenvalue weighted by molar-refractivity contribution is -0.385. The molecule has 31 heavy (non-hydrogen) atoms. The molecule has 1 aromatic heterocycles. The molecule has 0 spiro atoms. The number of piperazine rings is 1. The summed E-state index contributed by atoms with van der Waals surface area (Å²) in [5, 5.41) is 14.7. The fourth-order valence-electron chi connectivity index (χ4n) is 3.61. The minimum atomic E-state index is -0.446. The van der Waals surface area contributed by atoms with Crippen LogP contribution in [0.5, 0.6) is 5.75 Å². The van der Waals surface area contributed by atoms with E-state index in [2.05, 4.69) is 37.2 Å². The third-order valence-electron chi connectivity index (χ3n) is 5.27. The number of nitro groups is 1. The van der Waals surface area contributed by atoms with Crippen LogP contribution < -0.4 is 19.9 Å². The van der Waals surface area contributed by atoms with Crippen molar-refractivity contribution in [2.75, 3.05) is 48.4 Å². The molecule has 9 heteroatoms.